The summed E-state index contributed by atoms with van der Waals surface area (Å²) in [6.07, 6.45) is -5.33. The first kappa shape index (κ1) is 15.4. The van der Waals surface area contributed by atoms with Gasteiger partial charge in [-0.15, -0.1) is 0 Å². The number of aryl methyl sites for hydroxylation is 2. The Morgan fingerprint density at radius 2 is 2.00 bits per heavy atom. The van der Waals surface area contributed by atoms with Crippen LogP contribution in [0.2, 0.25) is 0 Å². The van der Waals surface area contributed by atoms with E-state index in [-0.39, 0.29) is 0 Å². The van der Waals surface area contributed by atoms with Gasteiger partial charge in [-0.1, -0.05) is 0 Å². The Morgan fingerprint density at radius 1 is 1.33 bits per heavy atom. The van der Waals surface area contributed by atoms with Crippen molar-refractivity contribution in [3.05, 3.63) is 35.0 Å². The van der Waals surface area contributed by atoms with E-state index in [1.165, 1.54) is 6.92 Å². The number of hydrogen-bond donors (Lipinski definition) is 2. The molecule has 1 aromatic carbocycles. The summed E-state index contributed by atoms with van der Waals surface area (Å²) in [5, 5.41) is 3.28. The second kappa shape index (κ2) is 5.42. The van der Waals surface area contributed by atoms with E-state index in [0.717, 1.165) is 22.2 Å². The van der Waals surface area contributed by atoms with E-state index in [1.54, 1.807) is 18.2 Å². The minimum Gasteiger partial charge on any atom is -0.358 e. The number of carbonyl (C=O) groups excluding carboxylic acids is 1. The highest BCUT2D eigenvalue weighted by Crippen LogP contribution is 2.23. The molecule has 0 saturated heterocycles. The number of carbonyl (C=O) groups is 1. The maximum absolute atomic E-state index is 12.3. The summed E-state index contributed by atoms with van der Waals surface area (Å²) in [5.41, 5.74) is 3.31. The average Bonchev–Trinajstić information content (AvgIpc) is 2.62. The summed E-state index contributed by atoms with van der Waals surface area (Å²) in [6, 6.07) is 4.11. The van der Waals surface area contributed by atoms with Crippen LogP contribution in [0.1, 0.15) is 35.0 Å². The molecule has 1 aromatic heterocycles. The lowest BCUT2D eigenvalue weighted by atomic mass is 10.1. The molecule has 1 unspecified atom stereocenters. The molecule has 1 amide bonds. The number of halogens is 3. The number of benzene rings is 1. The molecule has 0 aliphatic carbocycles. The zero-order valence-corrected chi connectivity index (χ0v) is 12.1. The molecule has 6 heteroatoms. The van der Waals surface area contributed by atoms with Crippen molar-refractivity contribution in [1.29, 1.82) is 0 Å². The van der Waals surface area contributed by atoms with Crippen LogP contribution in [0.5, 0.6) is 0 Å². The van der Waals surface area contributed by atoms with E-state index in [2.05, 4.69) is 10.3 Å². The molecule has 2 rings (SSSR count). The first-order valence-corrected chi connectivity index (χ1v) is 6.64. The number of H-pyrrole nitrogens is 1. The van der Waals surface area contributed by atoms with Gasteiger partial charge < -0.3 is 10.3 Å². The third-order valence-electron chi connectivity index (χ3n) is 3.49. The van der Waals surface area contributed by atoms with Gasteiger partial charge in [0.15, 0.2) is 0 Å². The molecule has 0 aliphatic rings. The van der Waals surface area contributed by atoms with Gasteiger partial charge in [0, 0.05) is 28.2 Å². The molecule has 0 fully saturated rings. The summed E-state index contributed by atoms with van der Waals surface area (Å²) in [5.74, 6) is -0.494. The van der Waals surface area contributed by atoms with Crippen molar-refractivity contribution < 1.29 is 18.0 Å². The van der Waals surface area contributed by atoms with Crippen molar-refractivity contribution in [1.82, 2.24) is 10.3 Å². The van der Waals surface area contributed by atoms with Crippen LogP contribution in [0.4, 0.5) is 13.2 Å². The van der Waals surface area contributed by atoms with Crippen molar-refractivity contribution in [2.45, 2.75) is 39.4 Å². The monoisotopic (exact) mass is 298 g/mol. The number of aromatic nitrogens is 1. The van der Waals surface area contributed by atoms with E-state index in [1.807, 2.05) is 13.8 Å². The molecular weight excluding hydrogens is 281 g/mol. The van der Waals surface area contributed by atoms with Crippen molar-refractivity contribution >= 4 is 16.8 Å². The lowest BCUT2D eigenvalue weighted by Crippen LogP contribution is -2.35. The molecule has 0 radical (unpaired) electrons. The van der Waals surface area contributed by atoms with Gasteiger partial charge in [0.1, 0.15) is 0 Å². The highest BCUT2D eigenvalue weighted by Gasteiger charge is 2.30. The Bertz CT molecular complexity index is 673. The van der Waals surface area contributed by atoms with Gasteiger partial charge in [-0.25, -0.2) is 0 Å². The van der Waals surface area contributed by atoms with Gasteiger partial charge in [0.2, 0.25) is 0 Å². The van der Waals surface area contributed by atoms with Crippen molar-refractivity contribution in [2.24, 2.45) is 0 Å². The Balaban J connectivity index is 2.18. The zero-order valence-electron chi connectivity index (χ0n) is 12.1. The van der Waals surface area contributed by atoms with Crippen molar-refractivity contribution in [3.63, 3.8) is 0 Å². The number of fused-ring (bicyclic) bond motifs is 1. The summed E-state index contributed by atoms with van der Waals surface area (Å²) in [6.45, 7) is 5.21. The topological polar surface area (TPSA) is 44.9 Å². The second-order valence-corrected chi connectivity index (χ2v) is 5.33. The van der Waals surface area contributed by atoms with Crippen LogP contribution >= 0.6 is 0 Å². The molecule has 2 N–H and O–H groups in total. The molecule has 3 nitrogen and oxygen atoms in total. The number of alkyl halides is 3. The van der Waals surface area contributed by atoms with E-state index < -0.39 is 24.5 Å². The molecule has 2 aromatic rings. The second-order valence-electron chi connectivity index (χ2n) is 5.33. The summed E-state index contributed by atoms with van der Waals surface area (Å²) < 4.78 is 36.8. The van der Waals surface area contributed by atoms with Crippen LogP contribution in [-0.2, 0) is 0 Å². The Hall–Kier alpha value is -1.98. The smallest absolute Gasteiger partial charge is 0.358 e. The van der Waals surface area contributed by atoms with Gasteiger partial charge in [0.25, 0.3) is 5.91 Å². The Kier molecular flexibility index (Phi) is 3.98. The number of amides is 1. The first-order chi connectivity index (χ1) is 9.67. The molecule has 1 heterocycles. The molecular formula is C15H17F3N2O. The molecule has 114 valence electrons. The van der Waals surface area contributed by atoms with Gasteiger partial charge >= 0.3 is 6.18 Å². The summed E-state index contributed by atoms with van der Waals surface area (Å²) in [4.78, 5) is 15.2. The van der Waals surface area contributed by atoms with E-state index in [4.69, 9.17) is 0 Å². The fourth-order valence-electron chi connectivity index (χ4n) is 2.31. The van der Waals surface area contributed by atoms with Gasteiger partial charge in [-0.05, 0) is 44.5 Å². The largest absolute Gasteiger partial charge is 0.391 e. The van der Waals surface area contributed by atoms with E-state index in [9.17, 15) is 18.0 Å². The van der Waals surface area contributed by atoms with Crippen molar-refractivity contribution in [3.8, 4) is 0 Å². The highest BCUT2D eigenvalue weighted by molar-refractivity contribution is 5.99. The average molecular weight is 298 g/mol. The fourth-order valence-corrected chi connectivity index (χ4v) is 2.31. The number of nitrogens with one attached hydrogen (secondary N) is 2. The van der Waals surface area contributed by atoms with Crippen LogP contribution in [-0.4, -0.2) is 23.1 Å². The first-order valence-electron chi connectivity index (χ1n) is 6.64. The molecule has 0 spiro atoms. The number of hydrogen-bond acceptors (Lipinski definition) is 1. The van der Waals surface area contributed by atoms with Crippen LogP contribution in [0, 0.1) is 13.8 Å². The molecule has 0 bridgehead atoms. The minimum absolute atomic E-state index is 0.360. The van der Waals surface area contributed by atoms with Crippen LogP contribution < -0.4 is 5.32 Å². The van der Waals surface area contributed by atoms with E-state index >= 15 is 0 Å². The number of rotatable bonds is 3. The number of aromatic amines is 1. The van der Waals surface area contributed by atoms with E-state index in [0.29, 0.717) is 5.56 Å². The fraction of sp³-hybridized carbons (Fsp3) is 0.400. The molecule has 1 atom stereocenters. The van der Waals surface area contributed by atoms with Gasteiger partial charge in [-0.2, -0.15) is 13.2 Å². The summed E-state index contributed by atoms with van der Waals surface area (Å²) >= 11 is 0. The van der Waals surface area contributed by atoms with Crippen LogP contribution in [0.15, 0.2) is 18.2 Å². The summed E-state index contributed by atoms with van der Waals surface area (Å²) in [7, 11) is 0. The SMILES string of the molecule is Cc1[nH]c2ccc(C(=O)NC(C)CC(F)(F)F)cc2c1C. The third kappa shape index (κ3) is 3.56. The minimum atomic E-state index is -4.29. The lowest BCUT2D eigenvalue weighted by Gasteiger charge is -2.15. The quantitative estimate of drug-likeness (QED) is 0.888. The zero-order chi connectivity index (χ0) is 15.8. The third-order valence-corrected chi connectivity index (χ3v) is 3.49. The van der Waals surface area contributed by atoms with Crippen LogP contribution in [0.25, 0.3) is 10.9 Å². The maximum atomic E-state index is 12.3. The van der Waals surface area contributed by atoms with Crippen molar-refractivity contribution in [2.75, 3.05) is 0 Å². The Morgan fingerprint density at radius 3 is 2.62 bits per heavy atom. The molecule has 0 aliphatic heterocycles. The molecule has 0 saturated carbocycles. The highest BCUT2D eigenvalue weighted by atomic mass is 19.4. The molecule has 21 heavy (non-hydrogen) atoms. The Labute approximate surface area is 120 Å². The standard InChI is InChI=1S/C15H17F3N2O/c1-8(7-15(16,17)18)19-14(21)11-4-5-13-12(6-11)9(2)10(3)20-13/h4-6,8,20H,7H2,1-3H3,(H,19,21). The van der Waals surface area contributed by atoms with Crippen LogP contribution in [0.3, 0.4) is 0 Å². The predicted octanol–water partition coefficient (Wildman–Crippen LogP) is 3.86. The van der Waals surface area contributed by atoms with Gasteiger partial charge in [0.05, 0.1) is 6.42 Å². The normalized spacial score (nSPS) is 13.4. The lowest BCUT2D eigenvalue weighted by molar-refractivity contribution is -0.138. The maximum Gasteiger partial charge on any atom is 0.391 e. The van der Waals surface area contributed by atoms with Gasteiger partial charge in [-0.3, -0.25) is 4.79 Å². The predicted molar refractivity (Wildman–Crippen MR) is 75.4 cm³/mol.